The summed E-state index contributed by atoms with van der Waals surface area (Å²) >= 11 is 0. The van der Waals surface area contributed by atoms with Gasteiger partial charge < -0.3 is 10.1 Å². The van der Waals surface area contributed by atoms with Gasteiger partial charge in [0, 0.05) is 19.7 Å². The van der Waals surface area contributed by atoms with Gasteiger partial charge in [-0.2, -0.15) is 0 Å². The lowest BCUT2D eigenvalue weighted by molar-refractivity contribution is -0.388. The summed E-state index contributed by atoms with van der Waals surface area (Å²) in [4.78, 5) is 42.8. The van der Waals surface area contributed by atoms with Crippen LogP contribution in [-0.2, 0) is 14.1 Å². The molecule has 3 aromatic rings. The molecule has 2 heterocycles. The fourth-order valence-corrected chi connectivity index (χ4v) is 2.27. The molecule has 0 aliphatic carbocycles. The van der Waals surface area contributed by atoms with Crippen LogP contribution in [0.1, 0.15) is 0 Å². The second-order valence-electron chi connectivity index (χ2n) is 4.90. The summed E-state index contributed by atoms with van der Waals surface area (Å²) in [6, 6.07) is 8.45. The average molecular weight is 313 g/mol. The van der Waals surface area contributed by atoms with Gasteiger partial charge in [0.2, 0.25) is 0 Å². The molecule has 0 N–H and O–H groups in total. The summed E-state index contributed by atoms with van der Waals surface area (Å²) < 4.78 is 1.98. The van der Waals surface area contributed by atoms with Crippen molar-refractivity contribution in [1.29, 1.82) is 0 Å². The lowest BCUT2D eigenvalue weighted by Crippen LogP contribution is -2.37. The third-order valence-electron chi connectivity index (χ3n) is 3.48. The van der Waals surface area contributed by atoms with Gasteiger partial charge in [-0.1, -0.05) is 30.3 Å². The molecular formula is C14H11N5O4. The largest absolute Gasteiger partial charge is 0.391 e. The fourth-order valence-electron chi connectivity index (χ4n) is 2.27. The molecule has 0 bridgehead atoms. The molecule has 3 rings (SSSR count). The summed E-state index contributed by atoms with van der Waals surface area (Å²) in [6.07, 6.45) is 0. The number of nitrogens with zero attached hydrogens (tertiary/aromatic N) is 5. The van der Waals surface area contributed by atoms with E-state index in [4.69, 9.17) is 0 Å². The molecule has 2 aromatic heterocycles. The first kappa shape index (κ1) is 14.6. The van der Waals surface area contributed by atoms with Gasteiger partial charge in [0.25, 0.3) is 5.52 Å². The van der Waals surface area contributed by atoms with Crippen molar-refractivity contribution in [2.75, 3.05) is 0 Å². The van der Waals surface area contributed by atoms with E-state index in [0.717, 1.165) is 9.13 Å². The Bertz CT molecular complexity index is 1050. The summed E-state index contributed by atoms with van der Waals surface area (Å²) in [5.41, 5.74) is -1.04. The molecule has 0 saturated heterocycles. The Morgan fingerprint density at radius 2 is 1.70 bits per heavy atom. The van der Waals surface area contributed by atoms with Crippen LogP contribution in [0.5, 0.6) is 0 Å². The average Bonchev–Trinajstić information content (AvgIpc) is 2.57. The van der Waals surface area contributed by atoms with Crippen LogP contribution < -0.4 is 11.2 Å². The zero-order chi connectivity index (χ0) is 16.7. The van der Waals surface area contributed by atoms with E-state index in [9.17, 15) is 19.7 Å². The molecule has 0 spiro atoms. The molecule has 116 valence electrons. The lowest BCUT2D eigenvalue weighted by atomic mass is 10.1. The minimum Gasteiger partial charge on any atom is -0.358 e. The molecule has 0 radical (unpaired) electrons. The van der Waals surface area contributed by atoms with Crippen molar-refractivity contribution in [1.82, 2.24) is 19.1 Å². The molecule has 0 fully saturated rings. The van der Waals surface area contributed by atoms with Crippen LogP contribution >= 0.6 is 0 Å². The molecule has 1 aromatic carbocycles. The molecule has 0 atom stereocenters. The molecule has 9 heteroatoms. The second-order valence-corrected chi connectivity index (χ2v) is 4.90. The highest BCUT2D eigenvalue weighted by Gasteiger charge is 2.25. The van der Waals surface area contributed by atoms with Gasteiger partial charge in [0.15, 0.2) is 11.3 Å². The van der Waals surface area contributed by atoms with Gasteiger partial charge in [0.1, 0.15) is 0 Å². The van der Waals surface area contributed by atoms with Gasteiger partial charge in [-0.3, -0.25) is 13.9 Å². The molecule has 0 saturated carbocycles. The van der Waals surface area contributed by atoms with E-state index in [1.165, 1.54) is 14.1 Å². The number of aromatic nitrogens is 4. The minimum absolute atomic E-state index is 0.00236. The van der Waals surface area contributed by atoms with E-state index >= 15 is 0 Å². The Kier molecular flexibility index (Phi) is 3.25. The highest BCUT2D eigenvalue weighted by Crippen LogP contribution is 2.26. The van der Waals surface area contributed by atoms with E-state index in [0.29, 0.717) is 5.56 Å². The van der Waals surface area contributed by atoms with Crippen LogP contribution in [0.3, 0.4) is 0 Å². The summed E-state index contributed by atoms with van der Waals surface area (Å²) in [7, 11) is 2.71. The van der Waals surface area contributed by atoms with Gasteiger partial charge in [-0.05, 0) is 9.91 Å². The van der Waals surface area contributed by atoms with Crippen molar-refractivity contribution in [2.24, 2.45) is 14.1 Å². The van der Waals surface area contributed by atoms with Crippen LogP contribution in [0.15, 0.2) is 39.9 Å². The standard InChI is InChI=1S/C14H11N5O4/c1-17-11-10(13(20)18(2)14(17)21)16-12(19(22)23)9(15-11)8-6-4-3-5-7-8/h3-7H,1-2H3. The first-order chi connectivity index (χ1) is 10.9. The van der Waals surface area contributed by atoms with Crippen molar-refractivity contribution in [3.05, 3.63) is 61.3 Å². The topological polar surface area (TPSA) is 113 Å². The number of nitro groups is 1. The van der Waals surface area contributed by atoms with Crippen molar-refractivity contribution in [3.8, 4) is 11.3 Å². The lowest BCUT2D eigenvalue weighted by Gasteiger charge is -2.07. The number of hydrogen-bond donors (Lipinski definition) is 0. The molecule has 0 aliphatic rings. The van der Waals surface area contributed by atoms with Crippen molar-refractivity contribution < 1.29 is 4.92 Å². The van der Waals surface area contributed by atoms with E-state index in [-0.39, 0.29) is 16.9 Å². The zero-order valence-electron chi connectivity index (χ0n) is 12.3. The summed E-state index contributed by atoms with van der Waals surface area (Å²) in [6.45, 7) is 0. The predicted molar refractivity (Wildman–Crippen MR) is 82.1 cm³/mol. The Morgan fingerprint density at radius 1 is 1.04 bits per heavy atom. The van der Waals surface area contributed by atoms with Gasteiger partial charge in [-0.15, -0.1) is 0 Å². The number of fused-ring (bicyclic) bond motifs is 1. The molecule has 23 heavy (non-hydrogen) atoms. The monoisotopic (exact) mass is 313 g/mol. The number of benzene rings is 1. The van der Waals surface area contributed by atoms with E-state index in [2.05, 4.69) is 9.97 Å². The quantitative estimate of drug-likeness (QED) is 0.506. The smallest absolute Gasteiger partial charge is 0.358 e. The van der Waals surface area contributed by atoms with Crippen LogP contribution in [-0.4, -0.2) is 24.0 Å². The van der Waals surface area contributed by atoms with Crippen LogP contribution in [0.25, 0.3) is 22.4 Å². The Morgan fingerprint density at radius 3 is 2.30 bits per heavy atom. The normalized spacial score (nSPS) is 10.9. The fraction of sp³-hybridized carbons (Fsp3) is 0.143. The summed E-state index contributed by atoms with van der Waals surface area (Å²) in [5.74, 6) is -0.528. The maximum atomic E-state index is 12.1. The number of rotatable bonds is 2. The van der Waals surface area contributed by atoms with Gasteiger partial charge in [-0.25, -0.2) is 9.78 Å². The van der Waals surface area contributed by atoms with E-state index < -0.39 is 22.0 Å². The highest BCUT2D eigenvalue weighted by molar-refractivity contribution is 5.78. The zero-order valence-corrected chi connectivity index (χ0v) is 12.3. The second kappa shape index (κ2) is 5.13. The molecule has 9 nitrogen and oxygen atoms in total. The van der Waals surface area contributed by atoms with Crippen LogP contribution in [0.2, 0.25) is 0 Å². The maximum absolute atomic E-state index is 12.1. The first-order valence-electron chi connectivity index (χ1n) is 6.59. The van der Waals surface area contributed by atoms with Crippen molar-refractivity contribution in [3.63, 3.8) is 0 Å². The van der Waals surface area contributed by atoms with Crippen molar-refractivity contribution in [2.45, 2.75) is 0 Å². The summed E-state index contributed by atoms with van der Waals surface area (Å²) in [5, 5.41) is 11.3. The van der Waals surface area contributed by atoms with Crippen molar-refractivity contribution >= 4 is 17.0 Å². The van der Waals surface area contributed by atoms with Crippen LogP contribution in [0.4, 0.5) is 5.82 Å². The third kappa shape index (κ3) is 2.18. The molecule has 0 unspecified atom stereocenters. The van der Waals surface area contributed by atoms with Gasteiger partial charge >= 0.3 is 17.1 Å². The van der Waals surface area contributed by atoms with Gasteiger partial charge in [0.05, 0.1) is 0 Å². The predicted octanol–water partition coefficient (Wildman–Crippen LogP) is 0.602. The number of aryl methyl sites for hydroxylation is 1. The Hall–Kier alpha value is -3.36. The van der Waals surface area contributed by atoms with E-state index in [1.807, 2.05) is 0 Å². The first-order valence-corrected chi connectivity index (χ1v) is 6.59. The third-order valence-corrected chi connectivity index (χ3v) is 3.48. The maximum Gasteiger partial charge on any atom is 0.391 e. The Balaban J connectivity index is 2.51. The molecular weight excluding hydrogens is 302 g/mol. The minimum atomic E-state index is -0.724. The van der Waals surface area contributed by atoms with E-state index in [1.54, 1.807) is 30.3 Å². The molecule has 0 aliphatic heterocycles. The molecule has 0 amide bonds. The Labute approximate surface area is 128 Å². The highest BCUT2D eigenvalue weighted by atomic mass is 16.6. The number of hydrogen-bond acceptors (Lipinski definition) is 6. The SMILES string of the molecule is Cn1c(=O)c2nc([N+](=O)[O-])c(-c3ccccc3)nc2n(C)c1=O. The van der Waals surface area contributed by atoms with Crippen LogP contribution in [0, 0.1) is 10.1 Å².